The standard InChI is InChI=1S/C54H39N3/c1-54(2)44-22-10-9-20-41(44)50-42(21-13-23-45(50)54)52-53(56-47-25-12-11-24-46(47)55-52)57-48-30-28-35(32-43(48)51-38-17-6-4-15-34(38)27-31-49(51)57)37-29-26-33-14-3-5-16-36(33)39-18-7-8-19-40(37)39/h3-25,27-28,30-32,37H,26,29H2,1-2H3. The number of para-hydroxylation sites is 2. The lowest BCUT2D eigenvalue weighted by Gasteiger charge is -2.22. The second kappa shape index (κ2) is 12.1. The zero-order valence-electron chi connectivity index (χ0n) is 32.0. The molecule has 1 unspecified atom stereocenters. The molecule has 10 aromatic rings. The molecule has 0 spiro atoms. The van der Waals surface area contributed by atoms with E-state index in [-0.39, 0.29) is 11.3 Å². The molecule has 0 bridgehead atoms. The second-order valence-corrected chi connectivity index (χ2v) is 16.4. The SMILES string of the molecule is CC1(C)c2ccccc2-c2c(-c3nc4ccccc4nc3-n3c4ccc(C5CCc6ccccc6-c6ccccc65)cc4c4c5ccccc5ccc43)cccc21. The third-order valence-corrected chi connectivity index (χ3v) is 13.1. The highest BCUT2D eigenvalue weighted by atomic mass is 15.1. The van der Waals surface area contributed by atoms with Crippen molar-refractivity contribution in [3.05, 3.63) is 198 Å². The van der Waals surface area contributed by atoms with Crippen LogP contribution in [0, 0.1) is 0 Å². The van der Waals surface area contributed by atoms with Crippen molar-refractivity contribution in [1.82, 2.24) is 14.5 Å². The topological polar surface area (TPSA) is 30.7 Å². The number of nitrogens with zero attached hydrogens (tertiary/aromatic N) is 3. The van der Waals surface area contributed by atoms with E-state index in [4.69, 9.17) is 9.97 Å². The van der Waals surface area contributed by atoms with Crippen LogP contribution < -0.4 is 0 Å². The molecule has 3 nitrogen and oxygen atoms in total. The Kier molecular flexibility index (Phi) is 6.87. The highest BCUT2D eigenvalue weighted by Crippen LogP contribution is 2.53. The van der Waals surface area contributed by atoms with Gasteiger partial charge in [-0.3, -0.25) is 4.57 Å². The van der Waals surface area contributed by atoms with Crippen LogP contribution in [0.15, 0.2) is 170 Å². The van der Waals surface area contributed by atoms with Crippen molar-refractivity contribution >= 4 is 43.6 Å². The quantitative estimate of drug-likeness (QED) is 0.181. The molecule has 2 aromatic heterocycles. The first-order valence-corrected chi connectivity index (χ1v) is 20.2. The van der Waals surface area contributed by atoms with E-state index in [1.54, 1.807) is 0 Å². The summed E-state index contributed by atoms with van der Waals surface area (Å²) in [4.78, 5) is 11.1. The van der Waals surface area contributed by atoms with Gasteiger partial charge in [-0.2, -0.15) is 0 Å². The van der Waals surface area contributed by atoms with Crippen LogP contribution in [0.25, 0.3) is 82.9 Å². The summed E-state index contributed by atoms with van der Waals surface area (Å²) < 4.78 is 2.40. The van der Waals surface area contributed by atoms with E-state index in [2.05, 4.69) is 188 Å². The molecule has 0 N–H and O–H groups in total. The van der Waals surface area contributed by atoms with Crippen molar-refractivity contribution < 1.29 is 0 Å². The summed E-state index contributed by atoms with van der Waals surface area (Å²) in [6, 6.07) is 62.6. The fourth-order valence-electron chi connectivity index (χ4n) is 10.4. The van der Waals surface area contributed by atoms with Gasteiger partial charge in [-0.05, 0) is 104 Å². The van der Waals surface area contributed by atoms with E-state index < -0.39 is 0 Å². The zero-order valence-corrected chi connectivity index (χ0v) is 32.0. The van der Waals surface area contributed by atoms with E-state index in [1.165, 1.54) is 71.6 Å². The average Bonchev–Trinajstić information content (AvgIpc) is 3.64. The molecule has 0 aliphatic heterocycles. The van der Waals surface area contributed by atoms with Crippen LogP contribution in [0.5, 0.6) is 0 Å². The first-order valence-electron chi connectivity index (χ1n) is 20.2. The Morgan fingerprint density at radius 3 is 2.12 bits per heavy atom. The minimum atomic E-state index is -0.132. The molecule has 0 amide bonds. The molecule has 2 heterocycles. The van der Waals surface area contributed by atoms with Gasteiger partial charge in [-0.1, -0.05) is 153 Å². The van der Waals surface area contributed by atoms with Crippen molar-refractivity contribution in [2.75, 3.05) is 0 Å². The van der Waals surface area contributed by atoms with Crippen LogP contribution in [-0.4, -0.2) is 14.5 Å². The molecule has 3 heteroatoms. The lowest BCUT2D eigenvalue weighted by molar-refractivity contribution is 0.660. The van der Waals surface area contributed by atoms with Gasteiger partial charge in [0.25, 0.3) is 0 Å². The molecule has 0 saturated heterocycles. The summed E-state index contributed by atoms with van der Waals surface area (Å²) in [5, 5.41) is 4.97. The molecule has 1 atom stereocenters. The number of rotatable bonds is 3. The summed E-state index contributed by atoms with van der Waals surface area (Å²) in [5.41, 5.74) is 18.0. The van der Waals surface area contributed by atoms with Gasteiger partial charge >= 0.3 is 0 Å². The Morgan fingerprint density at radius 2 is 1.23 bits per heavy atom. The zero-order chi connectivity index (χ0) is 37.8. The fourth-order valence-corrected chi connectivity index (χ4v) is 10.4. The van der Waals surface area contributed by atoms with Gasteiger partial charge in [0.2, 0.25) is 0 Å². The van der Waals surface area contributed by atoms with Crippen LogP contribution in [0.4, 0.5) is 0 Å². The first kappa shape index (κ1) is 32.4. The molecule has 2 aliphatic rings. The highest BCUT2D eigenvalue weighted by molar-refractivity contribution is 6.21. The molecule has 2 aliphatic carbocycles. The maximum absolute atomic E-state index is 5.57. The Hall–Kier alpha value is -6.84. The average molecular weight is 730 g/mol. The summed E-state index contributed by atoms with van der Waals surface area (Å²) in [7, 11) is 0. The largest absolute Gasteiger partial charge is 0.292 e. The molecule has 57 heavy (non-hydrogen) atoms. The monoisotopic (exact) mass is 729 g/mol. The molecule has 0 saturated carbocycles. The van der Waals surface area contributed by atoms with E-state index in [0.29, 0.717) is 0 Å². The number of aromatic nitrogens is 3. The van der Waals surface area contributed by atoms with E-state index in [0.717, 1.165) is 52.0 Å². The number of aryl methyl sites for hydroxylation is 1. The van der Waals surface area contributed by atoms with Crippen LogP contribution in [0.2, 0.25) is 0 Å². The second-order valence-electron chi connectivity index (χ2n) is 16.4. The van der Waals surface area contributed by atoms with Gasteiger partial charge < -0.3 is 0 Å². The van der Waals surface area contributed by atoms with Crippen LogP contribution in [-0.2, 0) is 11.8 Å². The minimum absolute atomic E-state index is 0.132. The van der Waals surface area contributed by atoms with Crippen LogP contribution in [0.3, 0.4) is 0 Å². The van der Waals surface area contributed by atoms with Gasteiger partial charge in [0.1, 0.15) is 5.69 Å². The Bertz CT molecular complexity index is 3290. The van der Waals surface area contributed by atoms with Crippen LogP contribution >= 0.6 is 0 Å². The third-order valence-electron chi connectivity index (χ3n) is 13.1. The Labute approximate surface area is 331 Å². The van der Waals surface area contributed by atoms with Crippen molar-refractivity contribution in [2.24, 2.45) is 0 Å². The molecular formula is C54H39N3. The molecule has 8 aromatic carbocycles. The van der Waals surface area contributed by atoms with Crippen molar-refractivity contribution in [2.45, 2.75) is 38.0 Å². The minimum Gasteiger partial charge on any atom is -0.292 e. The lowest BCUT2D eigenvalue weighted by atomic mass is 9.82. The predicted molar refractivity (Wildman–Crippen MR) is 236 cm³/mol. The van der Waals surface area contributed by atoms with Gasteiger partial charge in [0, 0.05) is 27.7 Å². The molecular weight excluding hydrogens is 691 g/mol. The smallest absolute Gasteiger partial charge is 0.165 e. The summed E-state index contributed by atoms with van der Waals surface area (Å²) >= 11 is 0. The molecule has 270 valence electrons. The van der Waals surface area contributed by atoms with Crippen LogP contribution in [0.1, 0.15) is 54.0 Å². The number of fused-ring (bicyclic) bond motifs is 12. The summed E-state index contributed by atoms with van der Waals surface area (Å²) in [5.74, 6) is 1.11. The van der Waals surface area contributed by atoms with Gasteiger partial charge in [-0.15, -0.1) is 0 Å². The summed E-state index contributed by atoms with van der Waals surface area (Å²) in [6.07, 6.45) is 2.09. The van der Waals surface area contributed by atoms with Gasteiger partial charge in [-0.25, -0.2) is 9.97 Å². The van der Waals surface area contributed by atoms with E-state index in [1.807, 2.05) is 0 Å². The summed E-state index contributed by atoms with van der Waals surface area (Å²) in [6.45, 7) is 4.69. The molecule has 0 fully saturated rings. The van der Waals surface area contributed by atoms with Crippen molar-refractivity contribution in [3.63, 3.8) is 0 Å². The number of hydrogen-bond donors (Lipinski definition) is 0. The molecule has 0 radical (unpaired) electrons. The Morgan fingerprint density at radius 1 is 0.544 bits per heavy atom. The normalized spacial score (nSPS) is 15.4. The maximum Gasteiger partial charge on any atom is 0.165 e. The Balaban J connectivity index is 1.16. The lowest BCUT2D eigenvalue weighted by Crippen LogP contribution is -2.14. The van der Waals surface area contributed by atoms with Gasteiger partial charge in [0.15, 0.2) is 5.82 Å². The highest BCUT2D eigenvalue weighted by Gasteiger charge is 2.37. The van der Waals surface area contributed by atoms with E-state index >= 15 is 0 Å². The first-order chi connectivity index (χ1) is 28.0. The predicted octanol–water partition coefficient (Wildman–Crippen LogP) is 13.6. The fraction of sp³-hybridized carbons (Fsp3) is 0.111. The number of hydrogen-bond acceptors (Lipinski definition) is 2. The van der Waals surface area contributed by atoms with E-state index in [9.17, 15) is 0 Å². The maximum atomic E-state index is 5.57. The van der Waals surface area contributed by atoms with Gasteiger partial charge in [0.05, 0.1) is 22.1 Å². The third kappa shape index (κ3) is 4.66. The van der Waals surface area contributed by atoms with Crippen molar-refractivity contribution in [1.29, 1.82) is 0 Å². The van der Waals surface area contributed by atoms with Crippen molar-refractivity contribution in [3.8, 4) is 39.3 Å². The molecule has 12 rings (SSSR count). The number of benzene rings is 8.